The van der Waals surface area contributed by atoms with Gasteiger partial charge in [0.25, 0.3) is 0 Å². The molecule has 2 N–H and O–H groups in total. The standard InChI is InChI=1S/C14H30N2O/c1-12(16-11-14(2,3)17-4)10-13-8-6-5-7-9-15-13/h12-13,15-16H,5-11H2,1-4H3. The predicted octanol–water partition coefficient (Wildman–Crippen LogP) is 2.31. The first-order chi connectivity index (χ1) is 8.03. The molecule has 0 aliphatic carbocycles. The molecule has 1 aliphatic rings. The molecule has 0 bridgehead atoms. The first-order valence-electron chi connectivity index (χ1n) is 7.05. The minimum absolute atomic E-state index is 0.0643. The molecule has 1 rings (SSSR count). The minimum atomic E-state index is -0.0643. The Morgan fingerprint density at radius 2 is 2.12 bits per heavy atom. The lowest BCUT2D eigenvalue weighted by atomic mass is 10.0. The highest BCUT2D eigenvalue weighted by Gasteiger charge is 2.19. The minimum Gasteiger partial charge on any atom is -0.377 e. The summed E-state index contributed by atoms with van der Waals surface area (Å²) >= 11 is 0. The van der Waals surface area contributed by atoms with Gasteiger partial charge in [-0.05, 0) is 46.6 Å². The molecule has 0 aromatic rings. The molecule has 17 heavy (non-hydrogen) atoms. The van der Waals surface area contributed by atoms with E-state index in [0.29, 0.717) is 12.1 Å². The van der Waals surface area contributed by atoms with E-state index in [1.54, 1.807) is 7.11 Å². The van der Waals surface area contributed by atoms with Gasteiger partial charge in [-0.25, -0.2) is 0 Å². The highest BCUT2D eigenvalue weighted by atomic mass is 16.5. The maximum Gasteiger partial charge on any atom is 0.0746 e. The lowest BCUT2D eigenvalue weighted by molar-refractivity contribution is 0.0210. The summed E-state index contributed by atoms with van der Waals surface area (Å²) in [5.41, 5.74) is -0.0643. The molecule has 0 amide bonds. The Morgan fingerprint density at radius 3 is 2.82 bits per heavy atom. The number of nitrogens with one attached hydrogen (secondary N) is 2. The maximum atomic E-state index is 5.42. The van der Waals surface area contributed by atoms with Gasteiger partial charge < -0.3 is 15.4 Å². The van der Waals surface area contributed by atoms with Gasteiger partial charge in [0, 0.05) is 25.7 Å². The number of rotatable bonds is 6. The first-order valence-corrected chi connectivity index (χ1v) is 7.05. The number of hydrogen-bond donors (Lipinski definition) is 2. The van der Waals surface area contributed by atoms with E-state index in [1.165, 1.54) is 38.6 Å². The highest BCUT2D eigenvalue weighted by Crippen LogP contribution is 2.13. The van der Waals surface area contributed by atoms with Gasteiger partial charge in [-0.1, -0.05) is 12.8 Å². The van der Waals surface area contributed by atoms with E-state index in [1.807, 2.05) is 0 Å². The summed E-state index contributed by atoms with van der Waals surface area (Å²) in [6.45, 7) is 8.63. The zero-order valence-corrected chi connectivity index (χ0v) is 12.0. The molecule has 2 unspecified atom stereocenters. The van der Waals surface area contributed by atoms with E-state index in [0.717, 1.165) is 6.54 Å². The molecule has 0 aromatic heterocycles. The second-order valence-corrected chi connectivity index (χ2v) is 5.98. The van der Waals surface area contributed by atoms with E-state index in [-0.39, 0.29) is 5.60 Å². The largest absolute Gasteiger partial charge is 0.377 e. The van der Waals surface area contributed by atoms with Crippen LogP contribution in [0.25, 0.3) is 0 Å². The summed E-state index contributed by atoms with van der Waals surface area (Å²) < 4.78 is 5.42. The Hall–Kier alpha value is -0.120. The van der Waals surface area contributed by atoms with Crippen molar-refractivity contribution >= 4 is 0 Å². The molecular formula is C14H30N2O. The highest BCUT2D eigenvalue weighted by molar-refractivity contribution is 4.79. The lowest BCUT2D eigenvalue weighted by Crippen LogP contribution is -2.43. The molecule has 0 aromatic carbocycles. The molecule has 102 valence electrons. The molecule has 1 heterocycles. The molecule has 3 nitrogen and oxygen atoms in total. The van der Waals surface area contributed by atoms with E-state index >= 15 is 0 Å². The van der Waals surface area contributed by atoms with Crippen LogP contribution in [0.5, 0.6) is 0 Å². The van der Waals surface area contributed by atoms with Gasteiger partial charge in [0.05, 0.1) is 5.60 Å². The van der Waals surface area contributed by atoms with Crippen LogP contribution in [0.1, 0.15) is 52.9 Å². The smallest absolute Gasteiger partial charge is 0.0746 e. The van der Waals surface area contributed by atoms with Gasteiger partial charge in [-0.15, -0.1) is 0 Å². The van der Waals surface area contributed by atoms with Crippen molar-refractivity contribution in [2.45, 2.75) is 70.6 Å². The Labute approximate surface area is 107 Å². The van der Waals surface area contributed by atoms with Crippen LogP contribution in [0, 0.1) is 0 Å². The normalized spacial score (nSPS) is 24.4. The Balaban J connectivity index is 2.21. The van der Waals surface area contributed by atoms with Crippen molar-refractivity contribution in [2.24, 2.45) is 0 Å². The maximum absolute atomic E-state index is 5.42. The van der Waals surface area contributed by atoms with Crippen LogP contribution in [0.4, 0.5) is 0 Å². The Kier molecular flexibility index (Phi) is 6.45. The van der Waals surface area contributed by atoms with Gasteiger partial charge in [0.2, 0.25) is 0 Å². The third-order valence-electron chi connectivity index (χ3n) is 3.73. The molecular weight excluding hydrogens is 212 g/mol. The van der Waals surface area contributed by atoms with Gasteiger partial charge in [0.15, 0.2) is 0 Å². The molecule has 0 saturated carbocycles. The van der Waals surface area contributed by atoms with Gasteiger partial charge >= 0.3 is 0 Å². The number of hydrogen-bond acceptors (Lipinski definition) is 3. The van der Waals surface area contributed by atoms with Gasteiger partial charge in [-0.2, -0.15) is 0 Å². The molecule has 0 radical (unpaired) electrons. The molecule has 1 saturated heterocycles. The number of methoxy groups -OCH3 is 1. The monoisotopic (exact) mass is 242 g/mol. The quantitative estimate of drug-likeness (QED) is 0.750. The Morgan fingerprint density at radius 1 is 1.35 bits per heavy atom. The van der Waals surface area contributed by atoms with E-state index < -0.39 is 0 Å². The fraction of sp³-hybridized carbons (Fsp3) is 1.00. The van der Waals surface area contributed by atoms with Crippen LogP contribution < -0.4 is 10.6 Å². The van der Waals surface area contributed by atoms with Gasteiger partial charge in [0.1, 0.15) is 0 Å². The third kappa shape index (κ3) is 6.39. The van der Waals surface area contributed by atoms with Crippen molar-refractivity contribution in [1.82, 2.24) is 10.6 Å². The first kappa shape index (κ1) is 14.9. The average molecular weight is 242 g/mol. The summed E-state index contributed by atoms with van der Waals surface area (Å²) in [7, 11) is 1.78. The van der Waals surface area contributed by atoms with Crippen LogP contribution in [0.3, 0.4) is 0 Å². The molecule has 0 spiro atoms. The van der Waals surface area contributed by atoms with Crippen molar-refractivity contribution in [3.8, 4) is 0 Å². The second-order valence-electron chi connectivity index (χ2n) is 5.98. The zero-order chi connectivity index (χ0) is 12.7. The molecule has 2 atom stereocenters. The van der Waals surface area contributed by atoms with Crippen molar-refractivity contribution in [3.63, 3.8) is 0 Å². The van der Waals surface area contributed by atoms with Crippen LogP contribution in [0.15, 0.2) is 0 Å². The van der Waals surface area contributed by atoms with Crippen LogP contribution in [0.2, 0.25) is 0 Å². The van der Waals surface area contributed by atoms with Crippen molar-refractivity contribution in [2.75, 3.05) is 20.2 Å². The van der Waals surface area contributed by atoms with E-state index in [9.17, 15) is 0 Å². The molecule has 3 heteroatoms. The van der Waals surface area contributed by atoms with E-state index in [2.05, 4.69) is 31.4 Å². The summed E-state index contributed by atoms with van der Waals surface area (Å²) in [5, 5.41) is 7.23. The summed E-state index contributed by atoms with van der Waals surface area (Å²) in [6.07, 6.45) is 6.67. The van der Waals surface area contributed by atoms with Crippen molar-refractivity contribution < 1.29 is 4.74 Å². The topological polar surface area (TPSA) is 33.3 Å². The summed E-state index contributed by atoms with van der Waals surface area (Å²) in [5.74, 6) is 0. The fourth-order valence-corrected chi connectivity index (χ4v) is 2.30. The lowest BCUT2D eigenvalue weighted by Gasteiger charge is -2.27. The fourth-order valence-electron chi connectivity index (χ4n) is 2.30. The predicted molar refractivity (Wildman–Crippen MR) is 73.4 cm³/mol. The van der Waals surface area contributed by atoms with Crippen LogP contribution >= 0.6 is 0 Å². The van der Waals surface area contributed by atoms with Crippen LogP contribution in [-0.4, -0.2) is 37.9 Å². The van der Waals surface area contributed by atoms with E-state index in [4.69, 9.17) is 4.74 Å². The number of ether oxygens (including phenoxy) is 1. The van der Waals surface area contributed by atoms with Crippen molar-refractivity contribution in [1.29, 1.82) is 0 Å². The second kappa shape index (κ2) is 7.34. The molecule has 1 aliphatic heterocycles. The summed E-state index contributed by atoms with van der Waals surface area (Å²) in [4.78, 5) is 0. The SMILES string of the molecule is COC(C)(C)CNC(C)CC1CCCCCN1. The average Bonchev–Trinajstić information content (AvgIpc) is 2.55. The third-order valence-corrected chi connectivity index (χ3v) is 3.73. The van der Waals surface area contributed by atoms with Crippen molar-refractivity contribution in [3.05, 3.63) is 0 Å². The van der Waals surface area contributed by atoms with Gasteiger partial charge in [-0.3, -0.25) is 0 Å². The summed E-state index contributed by atoms with van der Waals surface area (Å²) in [6, 6.07) is 1.26. The molecule has 1 fully saturated rings. The van der Waals surface area contributed by atoms with Crippen LogP contribution in [-0.2, 0) is 4.74 Å². The Bertz CT molecular complexity index is 198. The zero-order valence-electron chi connectivity index (χ0n) is 12.0.